The number of methoxy groups -OCH3 is 1. The molecule has 1 N–H and O–H groups in total. The largest absolute Gasteiger partial charge is 0.497 e. The van der Waals surface area contributed by atoms with Crippen LogP contribution in [0.25, 0.3) is 5.65 Å². The molecule has 0 unspecified atom stereocenters. The number of nitrogens with zero attached hydrogens (tertiary/aromatic N) is 2. The van der Waals surface area contributed by atoms with Gasteiger partial charge in [0.25, 0.3) is 0 Å². The summed E-state index contributed by atoms with van der Waals surface area (Å²) >= 11 is 5.93. The van der Waals surface area contributed by atoms with Gasteiger partial charge in [-0.25, -0.2) is 4.98 Å². The van der Waals surface area contributed by atoms with Crippen LogP contribution in [0.15, 0.2) is 48.8 Å². The van der Waals surface area contributed by atoms with Crippen LogP contribution in [0.4, 0.5) is 5.69 Å². The molecule has 5 nitrogen and oxygen atoms in total. The van der Waals surface area contributed by atoms with E-state index < -0.39 is 0 Å². The van der Waals surface area contributed by atoms with Crippen molar-refractivity contribution in [3.8, 4) is 5.75 Å². The molecule has 6 heteroatoms. The highest BCUT2D eigenvalue weighted by Crippen LogP contribution is 2.17. The van der Waals surface area contributed by atoms with E-state index in [0.29, 0.717) is 22.2 Å². The molecule has 2 aromatic heterocycles. The van der Waals surface area contributed by atoms with Gasteiger partial charge in [-0.1, -0.05) is 17.7 Å². The molecule has 0 aliphatic rings. The van der Waals surface area contributed by atoms with Gasteiger partial charge >= 0.3 is 0 Å². The van der Waals surface area contributed by atoms with Crippen molar-refractivity contribution in [3.05, 3.63) is 59.5 Å². The van der Waals surface area contributed by atoms with E-state index in [1.54, 1.807) is 36.0 Å². The average Bonchev–Trinajstić information content (AvgIpc) is 2.88. The first-order valence-corrected chi connectivity index (χ1v) is 7.09. The lowest BCUT2D eigenvalue weighted by molar-refractivity contribution is -0.115. The van der Waals surface area contributed by atoms with Gasteiger partial charge in [0.2, 0.25) is 5.91 Å². The lowest BCUT2D eigenvalue weighted by atomic mass is 10.2. The van der Waals surface area contributed by atoms with Crippen molar-refractivity contribution in [1.82, 2.24) is 9.38 Å². The zero-order valence-corrected chi connectivity index (χ0v) is 12.7. The second-order valence-electron chi connectivity index (χ2n) is 4.80. The number of amides is 1. The monoisotopic (exact) mass is 315 g/mol. The normalized spacial score (nSPS) is 10.6. The van der Waals surface area contributed by atoms with Crippen LogP contribution in [0.5, 0.6) is 5.75 Å². The van der Waals surface area contributed by atoms with Crippen molar-refractivity contribution in [2.24, 2.45) is 0 Å². The second-order valence-corrected chi connectivity index (χ2v) is 5.24. The number of nitrogens with one attached hydrogen (secondary N) is 1. The lowest BCUT2D eigenvalue weighted by Gasteiger charge is -2.05. The lowest BCUT2D eigenvalue weighted by Crippen LogP contribution is -2.14. The van der Waals surface area contributed by atoms with Crippen LogP contribution >= 0.6 is 11.6 Å². The van der Waals surface area contributed by atoms with Crippen LogP contribution in [0, 0.1) is 0 Å². The van der Waals surface area contributed by atoms with Crippen molar-refractivity contribution in [3.63, 3.8) is 0 Å². The Kier molecular flexibility index (Phi) is 3.98. The van der Waals surface area contributed by atoms with E-state index in [9.17, 15) is 4.79 Å². The van der Waals surface area contributed by atoms with Crippen molar-refractivity contribution in [2.75, 3.05) is 12.4 Å². The zero-order chi connectivity index (χ0) is 15.5. The average molecular weight is 316 g/mol. The number of hydrogen-bond donors (Lipinski definition) is 1. The summed E-state index contributed by atoms with van der Waals surface area (Å²) in [6.45, 7) is 0. The maximum atomic E-state index is 12.1. The number of hydrogen-bond acceptors (Lipinski definition) is 3. The third kappa shape index (κ3) is 3.20. The van der Waals surface area contributed by atoms with Crippen molar-refractivity contribution in [1.29, 1.82) is 0 Å². The standard InChI is InChI=1S/C16H14ClN3O2/c1-22-14-4-2-3-12(7-14)19-16(21)8-13-10-20-9-11(17)5-6-15(20)18-13/h2-7,9-10H,8H2,1H3,(H,19,21). The third-order valence-corrected chi connectivity index (χ3v) is 3.38. The molecular weight excluding hydrogens is 302 g/mol. The van der Waals surface area contributed by atoms with Crippen LogP contribution in [0.3, 0.4) is 0 Å². The summed E-state index contributed by atoms with van der Waals surface area (Å²) in [5.41, 5.74) is 2.13. The van der Waals surface area contributed by atoms with E-state index in [1.807, 2.05) is 24.3 Å². The fourth-order valence-electron chi connectivity index (χ4n) is 2.17. The molecule has 0 saturated carbocycles. The minimum Gasteiger partial charge on any atom is -0.497 e. The van der Waals surface area contributed by atoms with E-state index in [2.05, 4.69) is 10.3 Å². The molecule has 0 bridgehead atoms. The number of carbonyl (C=O) groups is 1. The quantitative estimate of drug-likeness (QED) is 0.804. The molecule has 0 saturated heterocycles. The summed E-state index contributed by atoms with van der Waals surface area (Å²) in [7, 11) is 1.59. The van der Waals surface area contributed by atoms with Crippen LogP contribution < -0.4 is 10.1 Å². The van der Waals surface area contributed by atoms with Crippen LogP contribution in [0.1, 0.15) is 5.69 Å². The number of halogens is 1. The summed E-state index contributed by atoms with van der Waals surface area (Å²) in [6.07, 6.45) is 3.75. The zero-order valence-electron chi connectivity index (χ0n) is 11.9. The van der Waals surface area contributed by atoms with Gasteiger partial charge in [0.05, 0.1) is 24.2 Å². The van der Waals surface area contributed by atoms with Gasteiger partial charge in [-0.3, -0.25) is 4.79 Å². The van der Waals surface area contributed by atoms with Gasteiger partial charge in [0.1, 0.15) is 11.4 Å². The fraction of sp³-hybridized carbons (Fsp3) is 0.125. The summed E-state index contributed by atoms with van der Waals surface area (Å²) in [4.78, 5) is 16.5. The van der Waals surface area contributed by atoms with E-state index in [0.717, 1.165) is 5.65 Å². The molecule has 112 valence electrons. The molecule has 0 fully saturated rings. The minimum absolute atomic E-state index is 0.136. The summed E-state index contributed by atoms with van der Waals surface area (Å²) in [5.74, 6) is 0.558. The molecule has 3 rings (SSSR count). The predicted molar refractivity (Wildman–Crippen MR) is 85.5 cm³/mol. The molecule has 1 aromatic carbocycles. The highest BCUT2D eigenvalue weighted by Gasteiger charge is 2.08. The van der Waals surface area contributed by atoms with Crippen molar-refractivity contribution < 1.29 is 9.53 Å². The number of pyridine rings is 1. The molecular formula is C16H14ClN3O2. The Bertz CT molecular complexity index is 829. The molecule has 0 atom stereocenters. The van der Waals surface area contributed by atoms with Gasteiger partial charge in [-0.2, -0.15) is 0 Å². The van der Waals surface area contributed by atoms with Crippen molar-refractivity contribution >= 4 is 28.8 Å². The van der Waals surface area contributed by atoms with Gasteiger partial charge in [0.15, 0.2) is 0 Å². The Hall–Kier alpha value is -2.53. The first kappa shape index (κ1) is 14.4. The summed E-state index contributed by atoms with van der Waals surface area (Å²) in [5, 5.41) is 3.45. The number of imidazole rings is 1. The van der Waals surface area contributed by atoms with Crippen LogP contribution in [-0.2, 0) is 11.2 Å². The maximum Gasteiger partial charge on any atom is 0.230 e. The Morgan fingerprint density at radius 3 is 3.00 bits per heavy atom. The Labute approximate surface area is 132 Å². The van der Waals surface area contributed by atoms with E-state index >= 15 is 0 Å². The molecule has 22 heavy (non-hydrogen) atoms. The maximum absolute atomic E-state index is 12.1. The van der Waals surface area contributed by atoms with E-state index in [1.165, 1.54) is 0 Å². The number of fused-ring (bicyclic) bond motifs is 1. The first-order chi connectivity index (χ1) is 10.6. The number of benzene rings is 1. The number of carbonyl (C=O) groups excluding carboxylic acids is 1. The van der Waals surface area contributed by atoms with Gasteiger partial charge in [0, 0.05) is 24.1 Å². The number of ether oxygens (including phenoxy) is 1. The fourth-order valence-corrected chi connectivity index (χ4v) is 2.34. The Morgan fingerprint density at radius 2 is 2.18 bits per heavy atom. The molecule has 0 aliphatic carbocycles. The minimum atomic E-state index is -0.136. The Balaban J connectivity index is 1.72. The third-order valence-electron chi connectivity index (χ3n) is 3.16. The molecule has 3 aromatic rings. The predicted octanol–water partition coefficient (Wildman–Crippen LogP) is 3.18. The topological polar surface area (TPSA) is 55.6 Å². The van der Waals surface area contributed by atoms with E-state index in [-0.39, 0.29) is 12.3 Å². The molecule has 0 aliphatic heterocycles. The van der Waals surface area contributed by atoms with Crippen molar-refractivity contribution in [2.45, 2.75) is 6.42 Å². The molecule has 2 heterocycles. The molecule has 1 amide bonds. The smallest absolute Gasteiger partial charge is 0.230 e. The van der Waals surface area contributed by atoms with Gasteiger partial charge in [-0.15, -0.1) is 0 Å². The number of anilines is 1. The highest BCUT2D eigenvalue weighted by atomic mass is 35.5. The molecule has 0 spiro atoms. The SMILES string of the molecule is COc1cccc(NC(=O)Cc2cn3cc(Cl)ccc3n2)c1. The summed E-state index contributed by atoms with van der Waals surface area (Å²) in [6, 6.07) is 10.8. The Morgan fingerprint density at radius 1 is 1.32 bits per heavy atom. The van der Waals surface area contributed by atoms with Gasteiger partial charge < -0.3 is 14.5 Å². The molecule has 0 radical (unpaired) electrons. The van der Waals surface area contributed by atoms with Crippen LogP contribution in [0.2, 0.25) is 5.02 Å². The highest BCUT2D eigenvalue weighted by molar-refractivity contribution is 6.30. The van der Waals surface area contributed by atoms with E-state index in [4.69, 9.17) is 16.3 Å². The second kappa shape index (κ2) is 6.07. The van der Waals surface area contributed by atoms with Gasteiger partial charge in [-0.05, 0) is 24.3 Å². The number of aromatic nitrogens is 2. The van der Waals surface area contributed by atoms with Crippen LogP contribution in [-0.4, -0.2) is 22.4 Å². The first-order valence-electron chi connectivity index (χ1n) is 6.71. The summed E-state index contributed by atoms with van der Waals surface area (Å²) < 4.78 is 6.93. The number of rotatable bonds is 4.